The van der Waals surface area contributed by atoms with E-state index in [4.69, 9.17) is 32.7 Å². The van der Waals surface area contributed by atoms with Gasteiger partial charge in [0.25, 0.3) is 0 Å². The predicted molar refractivity (Wildman–Crippen MR) is 89.0 cm³/mol. The molecule has 0 aliphatic carbocycles. The van der Waals surface area contributed by atoms with Crippen LogP contribution in [0.2, 0.25) is 10.0 Å². The summed E-state index contributed by atoms with van der Waals surface area (Å²) < 4.78 is 11.1. The number of rotatable bonds is 7. The first-order valence-corrected chi connectivity index (χ1v) is 7.94. The minimum atomic E-state index is -1.15. The smallest absolute Gasteiger partial charge is 0.161 e. The zero-order valence-electron chi connectivity index (χ0n) is 13.1. The van der Waals surface area contributed by atoms with Gasteiger partial charge in [-0.3, -0.25) is 0 Å². The number of carbonyl (C=O) groups is 1. The van der Waals surface area contributed by atoms with Crippen LogP contribution < -0.4 is 20.3 Å². The Labute approximate surface area is 149 Å². The number of hydrogen-bond donors (Lipinski definition) is 1. The van der Waals surface area contributed by atoms with Crippen molar-refractivity contribution in [2.75, 3.05) is 7.11 Å². The molecule has 0 aliphatic heterocycles. The number of benzene rings is 2. The summed E-state index contributed by atoms with van der Waals surface area (Å²) >= 11 is 12.2. The van der Waals surface area contributed by atoms with E-state index >= 15 is 0 Å². The zero-order valence-corrected chi connectivity index (χ0v) is 14.6. The highest BCUT2D eigenvalue weighted by Crippen LogP contribution is 2.32. The Bertz CT molecular complexity index is 716. The average Bonchev–Trinajstić information content (AvgIpc) is 2.53. The van der Waals surface area contributed by atoms with E-state index < -0.39 is 12.0 Å². The number of ether oxygens (including phenoxy) is 2. The maximum atomic E-state index is 10.7. The van der Waals surface area contributed by atoms with Crippen LogP contribution in [0.25, 0.3) is 0 Å². The van der Waals surface area contributed by atoms with Gasteiger partial charge in [0.05, 0.1) is 7.11 Å². The van der Waals surface area contributed by atoms with Gasteiger partial charge in [-0.25, -0.2) is 0 Å². The standard InChI is InChI=1S/C17H17Cl2NO4/c1-23-16-7-10(14(20)8-17(21)22)5-6-15(16)24-9-11-12(18)3-2-4-13(11)19/h2-7,14H,8-9,20H2,1H3,(H,21,22)/t14-/m0/s1. The fourth-order valence-electron chi connectivity index (χ4n) is 2.20. The molecule has 2 aromatic carbocycles. The molecule has 0 amide bonds. The van der Waals surface area contributed by atoms with E-state index in [-0.39, 0.29) is 13.0 Å². The number of methoxy groups -OCH3 is 1. The summed E-state index contributed by atoms with van der Waals surface area (Å²) in [5, 5.41) is 11.7. The Morgan fingerprint density at radius 3 is 2.46 bits per heavy atom. The monoisotopic (exact) mass is 369 g/mol. The van der Waals surface area contributed by atoms with Gasteiger partial charge in [0.2, 0.25) is 0 Å². The van der Waals surface area contributed by atoms with Crippen LogP contribution in [-0.2, 0) is 11.4 Å². The van der Waals surface area contributed by atoms with Gasteiger partial charge in [0.1, 0.15) is 12.6 Å². The quantitative estimate of drug-likeness (QED) is 0.808. The number of carboxylic acids is 1. The van der Waals surface area contributed by atoms with Crippen LogP contribution in [0.4, 0.5) is 0 Å². The summed E-state index contributed by atoms with van der Waals surface area (Å²) in [4.78, 5) is 10.7. The van der Waals surface area contributed by atoms with E-state index in [0.29, 0.717) is 27.1 Å². The van der Waals surface area contributed by atoms with Gasteiger partial charge in [-0.1, -0.05) is 29.3 Å². The van der Waals surface area contributed by atoms with Crippen molar-refractivity contribution in [3.63, 3.8) is 0 Å². The highest BCUT2D eigenvalue weighted by Gasteiger charge is 2.15. The molecule has 0 saturated carbocycles. The fourth-order valence-corrected chi connectivity index (χ4v) is 2.70. The van der Waals surface area contributed by atoms with Gasteiger partial charge in [0.15, 0.2) is 11.5 Å². The molecule has 0 saturated heterocycles. The molecule has 2 rings (SSSR count). The van der Waals surface area contributed by atoms with Crippen LogP contribution in [0, 0.1) is 0 Å². The summed E-state index contributed by atoms with van der Waals surface area (Å²) in [7, 11) is 1.51. The molecule has 0 heterocycles. The van der Waals surface area contributed by atoms with Crippen molar-refractivity contribution in [3.05, 3.63) is 57.6 Å². The third-order valence-corrected chi connectivity index (χ3v) is 4.21. The third-order valence-electron chi connectivity index (χ3n) is 3.51. The lowest BCUT2D eigenvalue weighted by molar-refractivity contribution is -0.430. The SMILES string of the molecule is COc1cc([C@@H]([NH3+])CC(=O)[O-])ccc1OCc1c(Cl)cccc1Cl. The van der Waals surface area contributed by atoms with E-state index in [2.05, 4.69) is 5.73 Å². The minimum absolute atomic E-state index is 0.168. The molecule has 0 spiro atoms. The number of aliphatic carboxylic acids is 1. The number of halogens is 2. The van der Waals surface area contributed by atoms with E-state index in [0.717, 1.165) is 5.56 Å². The maximum Gasteiger partial charge on any atom is 0.161 e. The Morgan fingerprint density at radius 2 is 1.88 bits per heavy atom. The van der Waals surface area contributed by atoms with Crippen LogP contribution >= 0.6 is 23.2 Å². The van der Waals surface area contributed by atoms with Crippen LogP contribution in [-0.4, -0.2) is 13.1 Å². The minimum Gasteiger partial charge on any atom is -0.550 e. The zero-order chi connectivity index (χ0) is 17.7. The molecule has 7 heteroatoms. The normalized spacial score (nSPS) is 11.8. The molecule has 0 aromatic heterocycles. The molecule has 0 aliphatic rings. The molecular formula is C17H17Cl2NO4. The van der Waals surface area contributed by atoms with Gasteiger partial charge in [-0.15, -0.1) is 0 Å². The molecule has 24 heavy (non-hydrogen) atoms. The topological polar surface area (TPSA) is 86.2 Å². The van der Waals surface area contributed by atoms with E-state index in [9.17, 15) is 9.90 Å². The van der Waals surface area contributed by atoms with Crippen molar-refractivity contribution < 1.29 is 25.1 Å². The van der Waals surface area contributed by atoms with Gasteiger partial charge < -0.3 is 25.1 Å². The molecule has 0 fully saturated rings. The van der Waals surface area contributed by atoms with Gasteiger partial charge >= 0.3 is 0 Å². The van der Waals surface area contributed by atoms with Crippen molar-refractivity contribution in [1.82, 2.24) is 0 Å². The van der Waals surface area contributed by atoms with Gasteiger partial charge in [0, 0.05) is 33.6 Å². The van der Waals surface area contributed by atoms with Crippen molar-refractivity contribution in [1.29, 1.82) is 0 Å². The second-order valence-electron chi connectivity index (χ2n) is 5.17. The van der Waals surface area contributed by atoms with Gasteiger partial charge in [-0.2, -0.15) is 0 Å². The molecule has 0 radical (unpaired) electrons. The molecule has 3 N–H and O–H groups in total. The Kier molecular flexibility index (Phi) is 6.31. The number of carboxylic acid groups (broad SMARTS) is 1. The molecule has 5 nitrogen and oxygen atoms in total. The largest absolute Gasteiger partial charge is 0.550 e. The lowest BCUT2D eigenvalue weighted by atomic mass is 10.0. The second-order valence-corrected chi connectivity index (χ2v) is 5.99. The first-order chi connectivity index (χ1) is 11.4. The highest BCUT2D eigenvalue weighted by molar-refractivity contribution is 6.35. The van der Waals surface area contributed by atoms with Crippen molar-refractivity contribution in [3.8, 4) is 11.5 Å². The molecule has 0 unspecified atom stereocenters. The average molecular weight is 370 g/mol. The lowest BCUT2D eigenvalue weighted by Crippen LogP contribution is -2.55. The molecule has 128 valence electrons. The molecule has 2 aromatic rings. The van der Waals surface area contributed by atoms with Crippen LogP contribution in [0.15, 0.2) is 36.4 Å². The summed E-state index contributed by atoms with van der Waals surface area (Å²) in [5.41, 5.74) is 5.22. The summed E-state index contributed by atoms with van der Waals surface area (Å²) in [6, 6.07) is 9.94. The molecule has 0 bridgehead atoms. The molecule has 1 atom stereocenters. The number of hydrogen-bond acceptors (Lipinski definition) is 4. The Balaban J connectivity index is 2.17. The number of carbonyl (C=O) groups excluding carboxylic acids is 1. The van der Waals surface area contributed by atoms with E-state index in [1.807, 2.05) is 0 Å². The predicted octanol–water partition coefficient (Wildman–Crippen LogP) is 2.00. The second kappa shape index (κ2) is 8.24. The Hall–Kier alpha value is -1.95. The number of quaternary nitrogens is 1. The van der Waals surface area contributed by atoms with Crippen LogP contribution in [0.5, 0.6) is 11.5 Å². The van der Waals surface area contributed by atoms with Crippen LogP contribution in [0.1, 0.15) is 23.6 Å². The summed E-state index contributed by atoms with van der Waals surface area (Å²) in [5.74, 6) is -0.178. The highest BCUT2D eigenvalue weighted by atomic mass is 35.5. The van der Waals surface area contributed by atoms with E-state index in [1.54, 1.807) is 36.4 Å². The summed E-state index contributed by atoms with van der Waals surface area (Å²) in [6.45, 7) is 0.182. The lowest BCUT2D eigenvalue weighted by Gasteiger charge is -2.15. The van der Waals surface area contributed by atoms with Crippen molar-refractivity contribution in [2.45, 2.75) is 19.1 Å². The Morgan fingerprint density at radius 1 is 1.21 bits per heavy atom. The van der Waals surface area contributed by atoms with Crippen molar-refractivity contribution in [2.24, 2.45) is 0 Å². The first-order valence-electron chi connectivity index (χ1n) is 7.19. The summed E-state index contributed by atoms with van der Waals surface area (Å²) in [6.07, 6.45) is -0.168. The van der Waals surface area contributed by atoms with Crippen LogP contribution in [0.3, 0.4) is 0 Å². The maximum absolute atomic E-state index is 10.7. The first kappa shape index (κ1) is 18.4. The molecular weight excluding hydrogens is 353 g/mol. The van der Waals surface area contributed by atoms with Gasteiger partial charge in [-0.05, 0) is 30.3 Å². The fraction of sp³-hybridized carbons (Fsp3) is 0.235. The van der Waals surface area contributed by atoms with Crippen molar-refractivity contribution >= 4 is 29.2 Å². The third kappa shape index (κ3) is 4.54. The van der Waals surface area contributed by atoms with E-state index in [1.165, 1.54) is 7.11 Å².